The molecule has 0 spiro atoms. The fourth-order valence-corrected chi connectivity index (χ4v) is 13.1. The van der Waals surface area contributed by atoms with Gasteiger partial charge in [0.15, 0.2) is 29.9 Å². The highest BCUT2D eigenvalue weighted by Crippen LogP contribution is 2.43. The van der Waals surface area contributed by atoms with E-state index in [9.17, 15) is 39.3 Å². The van der Waals surface area contributed by atoms with E-state index in [4.69, 9.17) is 42.6 Å². The van der Waals surface area contributed by atoms with Gasteiger partial charge in [-0.3, -0.25) is 19.2 Å². The number of rotatable bonds is 19. The van der Waals surface area contributed by atoms with Crippen molar-refractivity contribution in [1.29, 1.82) is 0 Å². The highest BCUT2D eigenvalue weighted by atomic mass is 16.7. The molecule has 2 fully saturated rings. The minimum absolute atomic E-state index is 0.0113. The second-order valence-electron chi connectivity index (χ2n) is 26.9. The van der Waals surface area contributed by atoms with E-state index in [1.54, 1.807) is 69.6 Å². The number of ether oxygens (including phenoxy) is 9. The van der Waals surface area contributed by atoms with Crippen LogP contribution in [-0.2, 0) is 66.6 Å². The number of carbonyl (C=O) groups excluding carboxylic acids is 5. The van der Waals surface area contributed by atoms with E-state index < -0.39 is 107 Å². The molecule has 0 amide bonds. The lowest BCUT2D eigenvalue weighted by Crippen LogP contribution is -2.57. The van der Waals surface area contributed by atoms with E-state index in [1.807, 2.05) is 76.7 Å². The van der Waals surface area contributed by atoms with E-state index >= 15 is 0 Å². The SMILES string of the molecule is CC[C@@H](O)[C@@](C)(O)/C=C(\C)C(=O)[C@H](C)C[C@@](C)(OC)[C@H](OC1OC(C)CC(N(C)C)C1C)[C@@H](C)C1=C(C)C(=O)OC(C)(C)O1.CC[C@H]1OC(=O)[C@H](C)C(=O)[C@H](C)[C@@H](OC2OC(C)CC(N(C)C)C2C)[C@](C)(OC)C[C@@H](C)C(=O)/C(C)=C/[C@]1(C)O. The number of Topliss-reactive ketones (excluding diaryl/α,β-unsaturated/α-hetero) is 3. The third kappa shape index (κ3) is 18.3. The van der Waals surface area contributed by atoms with E-state index in [0.29, 0.717) is 35.3 Å². The van der Waals surface area contributed by atoms with Crippen LogP contribution in [0.15, 0.2) is 34.6 Å². The van der Waals surface area contributed by atoms with Gasteiger partial charge in [-0.1, -0.05) is 55.4 Å². The molecule has 0 radical (unpaired) electrons. The molecular weight excluding hydrogens is 1080 g/mol. The van der Waals surface area contributed by atoms with Gasteiger partial charge in [-0.2, -0.15) is 0 Å². The van der Waals surface area contributed by atoms with Gasteiger partial charge in [-0.15, -0.1) is 0 Å². The number of allylic oxidation sites excluding steroid dienone is 2. The first-order chi connectivity index (χ1) is 38.5. The summed E-state index contributed by atoms with van der Waals surface area (Å²) in [6, 6.07) is 0.418. The fraction of sp³-hybridized carbons (Fsp3) is 0.831. The molecule has 0 aliphatic carbocycles. The third-order valence-electron chi connectivity index (χ3n) is 18.4. The van der Waals surface area contributed by atoms with Crippen LogP contribution < -0.4 is 0 Å². The fourth-order valence-electron chi connectivity index (χ4n) is 13.1. The molecule has 4 rings (SSSR count). The van der Waals surface area contributed by atoms with Crippen molar-refractivity contribution in [3.63, 3.8) is 0 Å². The summed E-state index contributed by atoms with van der Waals surface area (Å²) in [5, 5.41) is 32.2. The van der Waals surface area contributed by atoms with Gasteiger partial charge >= 0.3 is 11.9 Å². The molecule has 4 aliphatic heterocycles. The van der Waals surface area contributed by atoms with Crippen LogP contribution in [0.4, 0.5) is 0 Å². The van der Waals surface area contributed by atoms with Crippen LogP contribution in [0.25, 0.3) is 0 Å². The molecule has 19 heteroatoms. The standard InChI is InChI=1S/C34H59NO9.C31H53NO8/c1-15-26(36)33(10,39)17-19(2)27(37)20(3)18-34(11,40-14)29(23(6)28-24(7)30(38)44-32(8,9)43-28)42-31-22(5)25(35(12)13)16-21(4)41-31;1-13-24-30(8,36)15-17(2)25(33)18(3)16-31(9,37-12)27(21(6)26(34)22(7)28(35)39-24)40-29-20(5)23(32(10)11)14-19(4)38-29/h17,20-23,25-26,29,31,36,39H,15-16,18H2,1-14H3;15,18-24,27,29,36H,13-14,16H2,1-12H3/b19-17+;17-15+/t20-,21?,22?,23+,25?,26-,29-,31?,33+,34-;18-,19?,20?,21+,22-,23?,24-,27-,29?,30+,31-/m11/s1. The van der Waals surface area contributed by atoms with E-state index in [1.165, 1.54) is 32.9 Å². The van der Waals surface area contributed by atoms with E-state index in [2.05, 4.69) is 23.6 Å². The first-order valence-electron chi connectivity index (χ1n) is 30.5. The normalized spacial score (nSPS) is 36.7. The van der Waals surface area contributed by atoms with Crippen molar-refractivity contribution in [2.45, 2.75) is 266 Å². The highest BCUT2D eigenvalue weighted by molar-refractivity contribution is 6.00. The monoisotopic (exact) mass is 1190 g/mol. The van der Waals surface area contributed by atoms with Gasteiger partial charge in [-0.25, -0.2) is 4.79 Å². The van der Waals surface area contributed by atoms with Crippen LogP contribution >= 0.6 is 0 Å². The summed E-state index contributed by atoms with van der Waals surface area (Å²) in [5.74, 6) is -6.05. The zero-order valence-electron chi connectivity index (χ0n) is 56.2. The number of nitrogens with zero attached hydrogens (tertiary/aromatic N) is 2. The Balaban J connectivity index is 0.000000442. The second kappa shape index (κ2) is 30.2. The number of aliphatic hydroxyl groups is 3. The Morgan fingerprint density at radius 2 is 1.38 bits per heavy atom. The van der Waals surface area contributed by atoms with Gasteiger partial charge in [0, 0.05) is 75.7 Å². The molecule has 0 saturated carbocycles. The molecule has 484 valence electrons. The molecule has 0 aromatic carbocycles. The van der Waals surface area contributed by atoms with E-state index in [0.717, 1.165) is 12.8 Å². The van der Waals surface area contributed by atoms with Crippen molar-refractivity contribution in [3.05, 3.63) is 34.6 Å². The topological polar surface area (TPSA) is 236 Å². The molecule has 19 nitrogen and oxygen atoms in total. The molecule has 2 saturated heterocycles. The van der Waals surface area contributed by atoms with E-state index in [-0.39, 0.29) is 66.3 Å². The van der Waals surface area contributed by atoms with Crippen LogP contribution in [0.5, 0.6) is 0 Å². The number of esters is 2. The number of methoxy groups -OCH3 is 2. The molecular formula is C65H112N2O17. The van der Waals surface area contributed by atoms with Crippen molar-refractivity contribution >= 4 is 29.3 Å². The zero-order valence-corrected chi connectivity index (χ0v) is 56.2. The van der Waals surface area contributed by atoms with Gasteiger partial charge in [0.2, 0.25) is 5.79 Å². The number of ketones is 3. The molecule has 21 atom stereocenters. The van der Waals surface area contributed by atoms with Crippen LogP contribution in [0.3, 0.4) is 0 Å². The first-order valence-corrected chi connectivity index (χ1v) is 30.5. The predicted molar refractivity (Wildman–Crippen MR) is 321 cm³/mol. The number of carbonyl (C=O) groups is 5. The molecule has 0 aromatic heterocycles. The maximum absolute atomic E-state index is 13.8. The summed E-state index contributed by atoms with van der Waals surface area (Å²) < 4.78 is 55.9. The zero-order chi connectivity index (χ0) is 64.7. The maximum atomic E-state index is 13.8. The largest absolute Gasteiger partial charge is 0.458 e. The summed E-state index contributed by atoms with van der Waals surface area (Å²) in [6.45, 7) is 35.6. The average Bonchev–Trinajstić information content (AvgIpc) is 1.83. The van der Waals surface area contributed by atoms with Crippen molar-refractivity contribution in [3.8, 4) is 0 Å². The number of aliphatic hydroxyl groups excluding tert-OH is 1. The Morgan fingerprint density at radius 1 is 0.857 bits per heavy atom. The Morgan fingerprint density at radius 3 is 1.87 bits per heavy atom. The Labute approximate surface area is 504 Å². The van der Waals surface area contributed by atoms with Crippen LogP contribution in [0.2, 0.25) is 0 Å². The van der Waals surface area contributed by atoms with Gasteiger partial charge < -0.3 is 67.8 Å². The van der Waals surface area contributed by atoms with Crippen molar-refractivity contribution in [2.24, 2.45) is 41.4 Å². The Hall–Kier alpha value is -3.47. The number of hydrogen-bond donors (Lipinski definition) is 3. The van der Waals surface area contributed by atoms with Crippen molar-refractivity contribution in [2.75, 3.05) is 42.4 Å². The quantitative estimate of drug-likeness (QED) is 0.0623. The van der Waals surface area contributed by atoms with Crippen molar-refractivity contribution < 1.29 is 81.9 Å². The molecule has 84 heavy (non-hydrogen) atoms. The average molecular weight is 1190 g/mol. The van der Waals surface area contributed by atoms with Gasteiger partial charge in [0.25, 0.3) is 0 Å². The molecule has 4 aliphatic rings. The number of hydrogen-bond acceptors (Lipinski definition) is 19. The highest BCUT2D eigenvalue weighted by Gasteiger charge is 2.52. The van der Waals surface area contributed by atoms with Crippen LogP contribution in [0, 0.1) is 41.4 Å². The Kier molecular flexibility index (Phi) is 26.8. The van der Waals surface area contributed by atoms with Gasteiger partial charge in [0.1, 0.15) is 29.0 Å². The molecule has 3 N–H and O–H groups in total. The maximum Gasteiger partial charge on any atom is 0.340 e. The summed E-state index contributed by atoms with van der Waals surface area (Å²) >= 11 is 0. The van der Waals surface area contributed by atoms with Crippen LogP contribution in [0.1, 0.15) is 177 Å². The predicted octanol–water partition coefficient (Wildman–Crippen LogP) is 8.71. The number of cyclic esters (lactones) is 2. The molecule has 4 heterocycles. The van der Waals surface area contributed by atoms with Crippen molar-refractivity contribution in [1.82, 2.24) is 9.80 Å². The lowest BCUT2D eigenvalue weighted by molar-refractivity contribution is -0.284. The minimum Gasteiger partial charge on any atom is -0.458 e. The molecule has 0 aromatic rings. The Bertz CT molecular complexity index is 2340. The summed E-state index contributed by atoms with van der Waals surface area (Å²) in [4.78, 5) is 71.3. The second-order valence-corrected chi connectivity index (χ2v) is 26.9. The minimum atomic E-state index is -1.59. The molecule has 8 unspecified atom stereocenters. The smallest absolute Gasteiger partial charge is 0.340 e. The molecule has 0 bridgehead atoms. The third-order valence-corrected chi connectivity index (χ3v) is 18.4. The van der Waals surface area contributed by atoms with Crippen LogP contribution in [-0.4, -0.2) is 186 Å². The lowest BCUT2D eigenvalue weighted by Gasteiger charge is -2.48. The summed E-state index contributed by atoms with van der Waals surface area (Å²) in [7, 11) is 11.3. The summed E-state index contributed by atoms with van der Waals surface area (Å²) in [5.41, 5.74) is -4.19. The van der Waals surface area contributed by atoms with Gasteiger partial charge in [0.05, 0.1) is 47.3 Å². The first kappa shape index (κ1) is 74.8. The van der Waals surface area contributed by atoms with Gasteiger partial charge in [-0.05, 0) is 159 Å². The lowest BCUT2D eigenvalue weighted by atomic mass is 9.76. The summed E-state index contributed by atoms with van der Waals surface area (Å²) in [6.07, 6.45) is 0.958.